The van der Waals surface area contributed by atoms with Gasteiger partial charge in [-0.2, -0.15) is 13.2 Å². The lowest BCUT2D eigenvalue weighted by atomic mass is 9.87. The van der Waals surface area contributed by atoms with E-state index in [1.54, 1.807) is 0 Å². The van der Waals surface area contributed by atoms with Crippen LogP contribution in [0.4, 0.5) is 19.0 Å². The van der Waals surface area contributed by atoms with Crippen LogP contribution in [-0.4, -0.2) is 76.6 Å². The summed E-state index contributed by atoms with van der Waals surface area (Å²) in [4.78, 5) is 28.8. The predicted molar refractivity (Wildman–Crippen MR) is 129 cm³/mol. The number of nitrogens with zero attached hydrogens (tertiary/aromatic N) is 5. The molecule has 194 valence electrons. The molecule has 10 heteroatoms. The van der Waals surface area contributed by atoms with E-state index < -0.39 is 23.8 Å². The minimum absolute atomic E-state index is 0.0372. The molecule has 0 spiro atoms. The van der Waals surface area contributed by atoms with Crippen LogP contribution in [0.15, 0.2) is 30.6 Å². The third-order valence-corrected chi connectivity index (χ3v) is 7.99. The molecule has 5 rings (SSSR count). The lowest BCUT2D eigenvalue weighted by Crippen LogP contribution is -2.52. The number of piperazine rings is 1. The molecule has 0 radical (unpaired) electrons. The van der Waals surface area contributed by atoms with Crippen molar-refractivity contribution in [1.29, 1.82) is 0 Å². The first kappa shape index (κ1) is 25.0. The van der Waals surface area contributed by atoms with Crippen LogP contribution in [0.5, 0.6) is 0 Å². The number of carbonyl (C=O) groups is 1. The number of hydrogen-bond donors (Lipinski definition) is 1. The molecule has 1 aromatic heterocycles. The Balaban J connectivity index is 1.34. The number of aromatic nitrogens is 2. The van der Waals surface area contributed by atoms with Crippen molar-refractivity contribution < 1.29 is 23.1 Å². The molecule has 7 nitrogen and oxygen atoms in total. The summed E-state index contributed by atoms with van der Waals surface area (Å²) >= 11 is 0. The summed E-state index contributed by atoms with van der Waals surface area (Å²) in [6.07, 6.45) is -1.07. The van der Waals surface area contributed by atoms with E-state index >= 15 is 0 Å². The second-order valence-electron chi connectivity index (χ2n) is 10.2. The minimum Gasteiger partial charge on any atom is -0.387 e. The number of likely N-dealkylation sites (N-methyl/N-ethyl adjacent to an activating group) is 1. The molecule has 3 heterocycles. The normalized spacial score (nSPS) is 25.8. The molecule has 2 aliphatic heterocycles. The van der Waals surface area contributed by atoms with Gasteiger partial charge in [-0.1, -0.05) is 19.1 Å². The van der Waals surface area contributed by atoms with Gasteiger partial charge in [0.1, 0.15) is 12.1 Å². The number of fused-ring (bicyclic) bond motifs is 1. The first-order chi connectivity index (χ1) is 17.1. The van der Waals surface area contributed by atoms with E-state index in [-0.39, 0.29) is 17.9 Å². The van der Waals surface area contributed by atoms with Crippen LogP contribution in [0, 0.1) is 0 Å². The number of aliphatic hydroxyl groups is 1. The Bertz CT molecular complexity index is 1100. The van der Waals surface area contributed by atoms with E-state index in [0.717, 1.165) is 42.9 Å². The van der Waals surface area contributed by atoms with Crippen molar-refractivity contribution in [2.45, 2.75) is 56.3 Å². The molecule has 0 unspecified atom stereocenters. The molecule has 1 amide bonds. The molecule has 1 aliphatic carbocycles. The van der Waals surface area contributed by atoms with Crippen molar-refractivity contribution in [2.75, 3.05) is 44.7 Å². The number of likely N-dealkylation sites (tertiary alicyclic amines) is 1. The number of benzene rings is 1. The van der Waals surface area contributed by atoms with Gasteiger partial charge in [0.05, 0.1) is 23.3 Å². The van der Waals surface area contributed by atoms with E-state index in [0.29, 0.717) is 43.9 Å². The number of amides is 1. The molecule has 0 saturated carbocycles. The van der Waals surface area contributed by atoms with Crippen LogP contribution in [0.2, 0.25) is 0 Å². The molecule has 2 saturated heterocycles. The highest BCUT2D eigenvalue weighted by Crippen LogP contribution is 2.43. The molecule has 1 aromatic carbocycles. The maximum Gasteiger partial charge on any atom is 0.416 e. The fourth-order valence-corrected chi connectivity index (χ4v) is 6.06. The van der Waals surface area contributed by atoms with Crippen LogP contribution in [0.25, 0.3) is 0 Å². The number of rotatable bonds is 4. The van der Waals surface area contributed by atoms with Gasteiger partial charge in [-0.15, -0.1) is 0 Å². The van der Waals surface area contributed by atoms with E-state index in [1.165, 1.54) is 18.5 Å². The van der Waals surface area contributed by atoms with Gasteiger partial charge in [0, 0.05) is 37.8 Å². The zero-order chi connectivity index (χ0) is 25.6. The third kappa shape index (κ3) is 4.56. The Labute approximate surface area is 208 Å². The highest BCUT2D eigenvalue weighted by molar-refractivity contribution is 5.85. The minimum atomic E-state index is -4.41. The highest BCUT2D eigenvalue weighted by atomic mass is 19.4. The summed E-state index contributed by atoms with van der Waals surface area (Å²) in [5, 5.41) is 10.3. The Morgan fingerprint density at radius 3 is 2.39 bits per heavy atom. The molecular formula is C26H32F3N5O2. The van der Waals surface area contributed by atoms with Gasteiger partial charge in [0.15, 0.2) is 0 Å². The van der Waals surface area contributed by atoms with Gasteiger partial charge in [-0.25, -0.2) is 9.97 Å². The average molecular weight is 504 g/mol. The van der Waals surface area contributed by atoms with Gasteiger partial charge in [-0.3, -0.25) is 4.79 Å². The Morgan fingerprint density at radius 2 is 1.78 bits per heavy atom. The van der Waals surface area contributed by atoms with Crippen molar-refractivity contribution in [3.8, 4) is 0 Å². The van der Waals surface area contributed by atoms with E-state index in [9.17, 15) is 23.1 Å². The first-order valence-electron chi connectivity index (χ1n) is 12.6. The summed E-state index contributed by atoms with van der Waals surface area (Å²) in [6.45, 7) is 5.13. The Hall–Kier alpha value is -2.72. The summed E-state index contributed by atoms with van der Waals surface area (Å²) in [7, 11) is 1.98. The van der Waals surface area contributed by atoms with E-state index in [4.69, 9.17) is 0 Å². The molecule has 0 bridgehead atoms. The zero-order valence-corrected chi connectivity index (χ0v) is 20.6. The molecule has 2 aromatic rings. The number of hydrogen-bond acceptors (Lipinski definition) is 6. The van der Waals surface area contributed by atoms with Gasteiger partial charge in [-0.05, 0) is 56.5 Å². The lowest BCUT2D eigenvalue weighted by Gasteiger charge is -2.39. The van der Waals surface area contributed by atoms with Gasteiger partial charge in [0.25, 0.3) is 0 Å². The maximum atomic E-state index is 13.8. The number of halogens is 3. The van der Waals surface area contributed by atoms with Crippen molar-refractivity contribution >= 4 is 11.7 Å². The second kappa shape index (κ2) is 9.63. The summed E-state index contributed by atoms with van der Waals surface area (Å²) in [5.41, 5.74) is 1.60. The van der Waals surface area contributed by atoms with Crippen molar-refractivity contribution in [2.24, 2.45) is 0 Å². The molecule has 1 N–H and O–H groups in total. The van der Waals surface area contributed by atoms with Crippen molar-refractivity contribution in [3.63, 3.8) is 0 Å². The van der Waals surface area contributed by atoms with Crippen LogP contribution in [0.3, 0.4) is 0 Å². The summed E-state index contributed by atoms with van der Waals surface area (Å²) < 4.78 is 39.4. The SMILES string of the molecule is C[C@@H]1C[C@@H](O)c2ncnc(N3CCN(C(=O)[C@@H](c4ccc(C(F)(F)F)cc4)[C@@H]4CCCN4C)CC3)c21. The fourth-order valence-electron chi connectivity index (χ4n) is 6.06. The summed E-state index contributed by atoms with van der Waals surface area (Å²) in [6, 6.07) is 5.04. The monoisotopic (exact) mass is 503 g/mol. The topological polar surface area (TPSA) is 72.8 Å². The average Bonchev–Trinajstić information content (AvgIpc) is 3.41. The van der Waals surface area contributed by atoms with E-state index in [1.807, 2.05) is 11.9 Å². The van der Waals surface area contributed by atoms with Gasteiger partial charge >= 0.3 is 6.18 Å². The lowest BCUT2D eigenvalue weighted by molar-refractivity contribution is -0.137. The molecular weight excluding hydrogens is 471 g/mol. The first-order valence-corrected chi connectivity index (χ1v) is 12.6. The highest BCUT2D eigenvalue weighted by Gasteiger charge is 2.40. The fraction of sp³-hybridized carbons (Fsp3) is 0.577. The van der Waals surface area contributed by atoms with Crippen molar-refractivity contribution in [3.05, 3.63) is 53.0 Å². The van der Waals surface area contributed by atoms with Crippen LogP contribution >= 0.6 is 0 Å². The molecule has 3 aliphatic rings. The van der Waals surface area contributed by atoms with Gasteiger partial charge in [0.2, 0.25) is 5.91 Å². The smallest absolute Gasteiger partial charge is 0.387 e. The predicted octanol–water partition coefficient (Wildman–Crippen LogP) is 3.56. The Kier molecular flexibility index (Phi) is 6.67. The summed E-state index contributed by atoms with van der Waals surface area (Å²) in [5.74, 6) is 0.438. The largest absolute Gasteiger partial charge is 0.416 e. The quantitative estimate of drug-likeness (QED) is 0.688. The number of alkyl halides is 3. The zero-order valence-electron chi connectivity index (χ0n) is 20.6. The number of anilines is 1. The third-order valence-electron chi connectivity index (χ3n) is 7.99. The van der Waals surface area contributed by atoms with Crippen molar-refractivity contribution in [1.82, 2.24) is 19.8 Å². The number of aliphatic hydroxyl groups excluding tert-OH is 1. The van der Waals surface area contributed by atoms with Crippen LogP contribution < -0.4 is 4.90 Å². The van der Waals surface area contributed by atoms with E-state index in [2.05, 4.69) is 26.7 Å². The number of carbonyl (C=O) groups excluding carboxylic acids is 1. The maximum absolute atomic E-state index is 13.8. The standard InChI is InChI=1S/C26H32F3N5O2/c1-16-14-20(35)23-21(16)24(31-15-30-23)33-10-12-34(13-11-33)25(36)22(19-4-3-9-32(19)2)17-5-7-18(8-6-17)26(27,28)29/h5-8,15-16,19-20,22,35H,3-4,9-14H2,1-2H3/t16-,19+,20-,22+/m1/s1. The molecule has 2 fully saturated rings. The van der Waals surface area contributed by atoms with Crippen LogP contribution in [-0.2, 0) is 11.0 Å². The molecule has 4 atom stereocenters. The van der Waals surface area contributed by atoms with Gasteiger partial charge < -0.3 is 19.8 Å². The second-order valence-corrected chi connectivity index (χ2v) is 10.2. The molecule has 36 heavy (non-hydrogen) atoms. The van der Waals surface area contributed by atoms with Crippen LogP contribution in [0.1, 0.15) is 66.5 Å². The Morgan fingerprint density at radius 1 is 1.08 bits per heavy atom.